The molecule has 1 atom stereocenters. The number of methoxy groups -OCH3 is 1. The number of ether oxygens (including phenoxy) is 1. The molecule has 22 heavy (non-hydrogen) atoms. The third-order valence-electron chi connectivity index (χ3n) is 3.72. The van der Waals surface area contributed by atoms with Crippen LogP contribution in [-0.2, 0) is 9.53 Å². The number of carbonyl (C=O) groups excluding carboxylic acids is 1. The minimum atomic E-state index is -0.819. The summed E-state index contributed by atoms with van der Waals surface area (Å²) < 4.78 is 5.04. The Labute approximate surface area is 134 Å². The highest BCUT2D eigenvalue weighted by Crippen LogP contribution is 2.26. The van der Waals surface area contributed by atoms with Crippen molar-refractivity contribution in [1.82, 2.24) is 4.90 Å². The Morgan fingerprint density at radius 2 is 2.18 bits per heavy atom. The first-order valence-corrected chi connectivity index (χ1v) is 8.35. The summed E-state index contributed by atoms with van der Waals surface area (Å²) in [6, 6.07) is 7.47. The predicted molar refractivity (Wildman–Crippen MR) is 85.3 cm³/mol. The van der Waals surface area contributed by atoms with E-state index in [9.17, 15) is 9.59 Å². The van der Waals surface area contributed by atoms with Gasteiger partial charge in [-0.05, 0) is 25.0 Å². The number of hydrogen-bond acceptors (Lipinski definition) is 4. The zero-order valence-corrected chi connectivity index (χ0v) is 13.5. The number of aliphatic carboxylic acids is 1. The van der Waals surface area contributed by atoms with Crippen LogP contribution < -0.4 is 0 Å². The normalized spacial score (nSPS) is 18.2. The van der Waals surface area contributed by atoms with E-state index in [2.05, 4.69) is 0 Å². The molecule has 1 aliphatic rings. The molecule has 1 saturated heterocycles. The quantitative estimate of drug-likeness (QED) is 0.643. The lowest BCUT2D eigenvalue weighted by Gasteiger charge is -2.31. The number of hydrogen-bond donors (Lipinski definition) is 1. The van der Waals surface area contributed by atoms with Gasteiger partial charge in [0.25, 0.3) is 5.91 Å². The van der Waals surface area contributed by atoms with Gasteiger partial charge in [-0.1, -0.05) is 12.1 Å². The number of likely N-dealkylation sites (tertiary alicyclic amines) is 1. The second kappa shape index (κ2) is 8.19. The van der Waals surface area contributed by atoms with E-state index in [0.717, 1.165) is 17.1 Å². The molecule has 1 aromatic rings. The number of amides is 1. The van der Waals surface area contributed by atoms with Crippen LogP contribution in [0.4, 0.5) is 0 Å². The third kappa shape index (κ3) is 4.24. The van der Waals surface area contributed by atoms with E-state index in [-0.39, 0.29) is 5.91 Å². The van der Waals surface area contributed by atoms with Gasteiger partial charge in [-0.15, -0.1) is 11.8 Å². The summed E-state index contributed by atoms with van der Waals surface area (Å²) in [5.41, 5.74) is 0.648. The van der Waals surface area contributed by atoms with Gasteiger partial charge >= 0.3 is 5.97 Å². The van der Waals surface area contributed by atoms with Gasteiger partial charge in [0.1, 0.15) is 0 Å². The Morgan fingerprint density at radius 3 is 2.91 bits per heavy atom. The second-order valence-electron chi connectivity index (χ2n) is 5.27. The molecule has 1 aromatic carbocycles. The topological polar surface area (TPSA) is 66.8 Å². The number of thioether (sulfide) groups is 1. The van der Waals surface area contributed by atoms with E-state index in [0.29, 0.717) is 31.7 Å². The van der Waals surface area contributed by atoms with Crippen LogP contribution in [0.25, 0.3) is 0 Å². The average Bonchev–Trinajstić information content (AvgIpc) is 2.55. The number of nitrogens with zero attached hydrogens (tertiary/aromatic N) is 1. The molecular formula is C16H21NO4S. The molecule has 0 spiro atoms. The fraction of sp³-hybridized carbons (Fsp3) is 0.500. The summed E-state index contributed by atoms with van der Waals surface area (Å²) in [5.74, 6) is -0.573. The SMILES string of the molecule is COCCSc1ccccc1C(=O)N1CCCC(C(=O)O)C1. The number of benzene rings is 1. The Kier molecular flexibility index (Phi) is 6.27. The average molecular weight is 323 g/mol. The summed E-state index contributed by atoms with van der Waals surface area (Å²) in [5, 5.41) is 9.15. The fourth-order valence-electron chi connectivity index (χ4n) is 2.54. The standard InChI is InChI=1S/C16H21NO4S/c1-21-9-10-22-14-7-3-2-6-13(14)15(18)17-8-4-5-12(11-17)16(19)20/h2-3,6-7,12H,4-5,8-11H2,1H3,(H,19,20). The van der Waals surface area contributed by atoms with E-state index in [1.165, 1.54) is 0 Å². The highest BCUT2D eigenvalue weighted by molar-refractivity contribution is 7.99. The molecule has 2 rings (SSSR count). The van der Waals surface area contributed by atoms with Gasteiger partial charge in [0.2, 0.25) is 0 Å². The van der Waals surface area contributed by atoms with Crippen molar-refractivity contribution >= 4 is 23.6 Å². The fourth-order valence-corrected chi connectivity index (χ4v) is 3.49. The molecule has 1 N–H and O–H groups in total. The van der Waals surface area contributed by atoms with Crippen molar-refractivity contribution in [2.24, 2.45) is 5.92 Å². The number of carboxylic acid groups (broad SMARTS) is 1. The molecule has 1 heterocycles. The molecule has 1 fully saturated rings. The van der Waals surface area contributed by atoms with Crippen molar-refractivity contribution < 1.29 is 19.4 Å². The van der Waals surface area contributed by atoms with E-state index < -0.39 is 11.9 Å². The van der Waals surface area contributed by atoms with Crippen LogP contribution in [0.3, 0.4) is 0 Å². The van der Waals surface area contributed by atoms with E-state index in [1.54, 1.807) is 23.8 Å². The number of rotatable bonds is 6. The molecule has 5 nitrogen and oxygen atoms in total. The van der Waals surface area contributed by atoms with Crippen LogP contribution in [-0.4, -0.2) is 54.4 Å². The molecular weight excluding hydrogens is 302 g/mol. The molecule has 0 saturated carbocycles. The highest BCUT2D eigenvalue weighted by Gasteiger charge is 2.29. The van der Waals surface area contributed by atoms with E-state index in [4.69, 9.17) is 9.84 Å². The first kappa shape index (κ1) is 16.8. The van der Waals surface area contributed by atoms with Crippen LogP contribution in [0.15, 0.2) is 29.2 Å². The molecule has 0 aromatic heterocycles. The highest BCUT2D eigenvalue weighted by atomic mass is 32.2. The van der Waals surface area contributed by atoms with Gasteiger partial charge in [-0.3, -0.25) is 9.59 Å². The minimum Gasteiger partial charge on any atom is -0.481 e. The van der Waals surface area contributed by atoms with Gasteiger partial charge in [0, 0.05) is 30.8 Å². The van der Waals surface area contributed by atoms with Crippen LogP contribution >= 0.6 is 11.8 Å². The largest absolute Gasteiger partial charge is 0.481 e. The first-order chi connectivity index (χ1) is 10.6. The van der Waals surface area contributed by atoms with Gasteiger partial charge < -0.3 is 14.7 Å². The van der Waals surface area contributed by atoms with E-state index in [1.807, 2.05) is 24.3 Å². The van der Waals surface area contributed by atoms with Crippen molar-refractivity contribution in [1.29, 1.82) is 0 Å². The maximum Gasteiger partial charge on any atom is 0.308 e. The van der Waals surface area contributed by atoms with Crippen molar-refractivity contribution in [3.63, 3.8) is 0 Å². The third-order valence-corrected chi connectivity index (χ3v) is 4.76. The lowest BCUT2D eigenvalue weighted by Crippen LogP contribution is -2.42. The maximum absolute atomic E-state index is 12.7. The molecule has 0 aliphatic carbocycles. The maximum atomic E-state index is 12.7. The second-order valence-corrected chi connectivity index (χ2v) is 6.40. The number of carbonyl (C=O) groups is 2. The molecule has 6 heteroatoms. The summed E-state index contributed by atoms with van der Waals surface area (Å²) in [6.07, 6.45) is 1.38. The van der Waals surface area contributed by atoms with Crippen LogP contribution in [0, 0.1) is 5.92 Å². The van der Waals surface area contributed by atoms with E-state index >= 15 is 0 Å². The summed E-state index contributed by atoms with van der Waals surface area (Å²) in [6.45, 7) is 1.54. The zero-order chi connectivity index (χ0) is 15.9. The van der Waals surface area contributed by atoms with Gasteiger partial charge in [0.05, 0.1) is 18.1 Å². The molecule has 0 bridgehead atoms. The Balaban J connectivity index is 2.10. The Morgan fingerprint density at radius 1 is 1.41 bits per heavy atom. The lowest BCUT2D eigenvalue weighted by atomic mass is 9.97. The molecule has 0 radical (unpaired) electrons. The van der Waals surface area contributed by atoms with Crippen LogP contribution in [0.1, 0.15) is 23.2 Å². The number of carboxylic acids is 1. The van der Waals surface area contributed by atoms with Crippen molar-refractivity contribution in [3.8, 4) is 0 Å². The minimum absolute atomic E-state index is 0.0773. The Hall–Kier alpha value is -1.53. The van der Waals surface area contributed by atoms with Crippen molar-refractivity contribution in [2.75, 3.05) is 32.6 Å². The lowest BCUT2D eigenvalue weighted by molar-refractivity contribution is -0.143. The van der Waals surface area contributed by atoms with Gasteiger partial charge in [-0.25, -0.2) is 0 Å². The summed E-state index contributed by atoms with van der Waals surface area (Å²) in [4.78, 5) is 26.4. The first-order valence-electron chi connectivity index (χ1n) is 7.36. The van der Waals surface area contributed by atoms with Crippen molar-refractivity contribution in [2.45, 2.75) is 17.7 Å². The summed E-state index contributed by atoms with van der Waals surface area (Å²) >= 11 is 1.58. The molecule has 1 aliphatic heterocycles. The molecule has 1 unspecified atom stereocenters. The van der Waals surface area contributed by atoms with Crippen molar-refractivity contribution in [3.05, 3.63) is 29.8 Å². The predicted octanol–water partition coefficient (Wildman–Crippen LogP) is 2.36. The van der Waals surface area contributed by atoms with Gasteiger partial charge in [0.15, 0.2) is 0 Å². The zero-order valence-electron chi connectivity index (χ0n) is 12.7. The number of piperidine rings is 1. The molecule has 1 amide bonds. The Bertz CT molecular complexity index is 535. The smallest absolute Gasteiger partial charge is 0.308 e. The van der Waals surface area contributed by atoms with Gasteiger partial charge in [-0.2, -0.15) is 0 Å². The van der Waals surface area contributed by atoms with Crippen LogP contribution in [0.2, 0.25) is 0 Å². The summed E-state index contributed by atoms with van der Waals surface area (Å²) in [7, 11) is 1.65. The van der Waals surface area contributed by atoms with Crippen LogP contribution in [0.5, 0.6) is 0 Å². The molecule has 120 valence electrons. The monoisotopic (exact) mass is 323 g/mol.